The molecule has 3 aromatic rings. The number of aryl methyl sites for hydroxylation is 2. The van der Waals surface area contributed by atoms with Crippen molar-refractivity contribution < 1.29 is 33.4 Å². The van der Waals surface area contributed by atoms with E-state index in [1.165, 1.54) is 11.0 Å². The largest absolute Gasteiger partial charge is 0.503 e. The van der Waals surface area contributed by atoms with Gasteiger partial charge in [0, 0.05) is 0 Å². The lowest BCUT2D eigenvalue weighted by Gasteiger charge is -2.24. The summed E-state index contributed by atoms with van der Waals surface area (Å²) in [6.07, 6.45) is 1.59. The van der Waals surface area contributed by atoms with Gasteiger partial charge in [0.25, 0.3) is 5.91 Å². The first-order valence-electron chi connectivity index (χ1n) is 11.1. The maximum absolute atomic E-state index is 13.5. The molecule has 1 aliphatic heterocycles. The van der Waals surface area contributed by atoms with Gasteiger partial charge in [0.1, 0.15) is 23.0 Å². The summed E-state index contributed by atoms with van der Waals surface area (Å²) in [7, 11) is 0. The van der Waals surface area contributed by atoms with Crippen LogP contribution in [-0.2, 0) is 9.53 Å². The zero-order chi connectivity index (χ0) is 26.0. The SMILES string of the molecule is C=CCOc1cccc(C2C(C(=O)c3ccc(C)o3)=C(O)C(=O)N2c2nc(C)c(C(=O)OCC)s2)c1. The summed E-state index contributed by atoms with van der Waals surface area (Å²) in [5, 5.41) is 11.0. The molecule has 1 amide bonds. The van der Waals surface area contributed by atoms with Gasteiger partial charge in [-0.05, 0) is 50.6 Å². The Bertz CT molecular complexity index is 1380. The molecule has 0 radical (unpaired) electrons. The topological polar surface area (TPSA) is 119 Å². The van der Waals surface area contributed by atoms with Crippen LogP contribution in [0.15, 0.2) is 64.8 Å². The van der Waals surface area contributed by atoms with Gasteiger partial charge in [0.05, 0.1) is 23.9 Å². The second kappa shape index (κ2) is 10.2. The molecule has 1 unspecified atom stereocenters. The van der Waals surface area contributed by atoms with Crippen LogP contribution in [-0.4, -0.2) is 41.0 Å². The molecule has 186 valence electrons. The van der Waals surface area contributed by atoms with E-state index >= 15 is 0 Å². The molecule has 1 atom stereocenters. The summed E-state index contributed by atoms with van der Waals surface area (Å²) in [6.45, 7) is 9.06. The Morgan fingerprint density at radius 3 is 2.72 bits per heavy atom. The molecule has 9 nitrogen and oxygen atoms in total. The van der Waals surface area contributed by atoms with Crippen LogP contribution in [0.25, 0.3) is 0 Å². The third-order valence-electron chi connectivity index (χ3n) is 5.41. The van der Waals surface area contributed by atoms with Gasteiger partial charge in [-0.3, -0.25) is 14.5 Å². The van der Waals surface area contributed by atoms with Crippen molar-refractivity contribution in [1.29, 1.82) is 0 Å². The number of ketones is 1. The van der Waals surface area contributed by atoms with Crippen LogP contribution in [0.5, 0.6) is 5.75 Å². The number of esters is 1. The Morgan fingerprint density at radius 1 is 1.28 bits per heavy atom. The van der Waals surface area contributed by atoms with Crippen LogP contribution in [0.2, 0.25) is 0 Å². The molecule has 0 aliphatic carbocycles. The van der Waals surface area contributed by atoms with Gasteiger partial charge >= 0.3 is 5.97 Å². The van der Waals surface area contributed by atoms with Crippen LogP contribution < -0.4 is 9.64 Å². The normalized spacial score (nSPS) is 15.4. The minimum atomic E-state index is -1.05. The molecule has 0 saturated heterocycles. The standard InChI is InChI=1S/C26H24N2O7S/c1-5-12-34-17-9-7-8-16(13-17)20-19(21(29)18-11-10-14(3)35-18)22(30)24(31)28(20)26-27-15(4)23(36-26)25(32)33-6-2/h5,7-11,13,20,30H,1,6,12H2,2-4H3. The number of ether oxygens (including phenoxy) is 2. The van der Waals surface area contributed by atoms with E-state index in [9.17, 15) is 19.5 Å². The number of aliphatic hydroxyl groups excluding tert-OH is 1. The number of thiazole rings is 1. The smallest absolute Gasteiger partial charge is 0.350 e. The van der Waals surface area contributed by atoms with Gasteiger partial charge in [-0.15, -0.1) is 0 Å². The fraction of sp³-hybridized carbons (Fsp3) is 0.231. The summed E-state index contributed by atoms with van der Waals surface area (Å²) in [5.74, 6) is -1.79. The van der Waals surface area contributed by atoms with Crippen molar-refractivity contribution in [3.05, 3.63) is 88.0 Å². The van der Waals surface area contributed by atoms with Crippen LogP contribution in [0.1, 0.15) is 50.2 Å². The molecule has 4 rings (SSSR count). The zero-order valence-corrected chi connectivity index (χ0v) is 20.8. The summed E-state index contributed by atoms with van der Waals surface area (Å²) in [4.78, 5) is 45.0. The van der Waals surface area contributed by atoms with Crippen molar-refractivity contribution in [3.63, 3.8) is 0 Å². The second-order valence-corrected chi connectivity index (χ2v) is 8.86. The first-order chi connectivity index (χ1) is 17.3. The fourth-order valence-corrected chi connectivity index (χ4v) is 4.83. The first-order valence-corrected chi connectivity index (χ1v) is 11.9. The Hall–Kier alpha value is -4.18. The predicted molar refractivity (Wildman–Crippen MR) is 133 cm³/mol. The average Bonchev–Trinajstić information content (AvgIpc) is 3.53. The average molecular weight is 509 g/mol. The van der Waals surface area contributed by atoms with E-state index in [1.54, 1.807) is 57.2 Å². The van der Waals surface area contributed by atoms with E-state index in [0.29, 0.717) is 22.8 Å². The van der Waals surface area contributed by atoms with Gasteiger partial charge in [-0.2, -0.15) is 0 Å². The van der Waals surface area contributed by atoms with Crippen LogP contribution >= 0.6 is 11.3 Å². The number of Topliss-reactive ketones (excluding diaryl/α,β-unsaturated/α-hetero) is 1. The zero-order valence-electron chi connectivity index (χ0n) is 19.9. The molecule has 1 aromatic carbocycles. The number of carbonyl (C=O) groups excluding carboxylic acids is 3. The van der Waals surface area contributed by atoms with Crippen molar-refractivity contribution in [3.8, 4) is 5.75 Å². The van der Waals surface area contributed by atoms with Crippen molar-refractivity contribution in [2.45, 2.75) is 26.8 Å². The van der Waals surface area contributed by atoms with E-state index < -0.39 is 29.5 Å². The lowest BCUT2D eigenvalue weighted by Crippen LogP contribution is -2.31. The number of hydrogen-bond acceptors (Lipinski definition) is 9. The number of benzene rings is 1. The lowest BCUT2D eigenvalue weighted by molar-refractivity contribution is -0.117. The highest BCUT2D eigenvalue weighted by Gasteiger charge is 2.47. The van der Waals surface area contributed by atoms with E-state index in [1.807, 2.05) is 0 Å². The number of furan rings is 1. The number of hydrogen-bond donors (Lipinski definition) is 1. The highest BCUT2D eigenvalue weighted by atomic mass is 32.1. The molecule has 10 heteroatoms. The van der Waals surface area contributed by atoms with Crippen molar-refractivity contribution in [2.24, 2.45) is 0 Å². The molecular weight excluding hydrogens is 484 g/mol. The molecule has 0 fully saturated rings. The predicted octanol–water partition coefficient (Wildman–Crippen LogP) is 4.88. The second-order valence-electron chi connectivity index (χ2n) is 7.88. The van der Waals surface area contributed by atoms with Crippen molar-refractivity contribution in [2.75, 3.05) is 18.1 Å². The maximum Gasteiger partial charge on any atom is 0.350 e. The highest BCUT2D eigenvalue weighted by molar-refractivity contribution is 7.17. The molecule has 0 saturated carbocycles. The molecule has 3 heterocycles. The van der Waals surface area contributed by atoms with E-state index in [4.69, 9.17) is 13.9 Å². The third kappa shape index (κ3) is 4.55. The summed E-state index contributed by atoms with van der Waals surface area (Å²) in [5.41, 5.74) is 0.691. The summed E-state index contributed by atoms with van der Waals surface area (Å²) >= 11 is 0.943. The van der Waals surface area contributed by atoms with Gasteiger partial charge in [0.15, 0.2) is 16.7 Å². The summed E-state index contributed by atoms with van der Waals surface area (Å²) in [6, 6.07) is 8.86. The van der Waals surface area contributed by atoms with E-state index in [-0.39, 0.29) is 34.6 Å². The first kappa shape index (κ1) is 24.9. The molecule has 0 spiro atoms. The van der Waals surface area contributed by atoms with Crippen LogP contribution in [0.4, 0.5) is 5.13 Å². The Balaban J connectivity index is 1.85. The monoisotopic (exact) mass is 508 g/mol. The third-order valence-corrected chi connectivity index (χ3v) is 6.55. The van der Waals surface area contributed by atoms with Gasteiger partial charge in [-0.25, -0.2) is 9.78 Å². The van der Waals surface area contributed by atoms with E-state index in [0.717, 1.165) is 11.3 Å². The lowest BCUT2D eigenvalue weighted by atomic mass is 9.95. The van der Waals surface area contributed by atoms with Crippen molar-refractivity contribution >= 4 is 34.1 Å². The molecule has 1 N–H and O–H groups in total. The van der Waals surface area contributed by atoms with Crippen molar-refractivity contribution in [1.82, 2.24) is 4.98 Å². The van der Waals surface area contributed by atoms with Gasteiger partial charge in [-0.1, -0.05) is 36.1 Å². The molecular formula is C26H24N2O7S. The minimum Gasteiger partial charge on any atom is -0.503 e. The van der Waals surface area contributed by atoms with Gasteiger partial charge in [0.2, 0.25) is 5.78 Å². The van der Waals surface area contributed by atoms with Crippen LogP contribution in [0, 0.1) is 13.8 Å². The molecule has 2 aromatic heterocycles. The number of aliphatic hydroxyl groups is 1. The molecule has 0 bridgehead atoms. The molecule has 36 heavy (non-hydrogen) atoms. The maximum atomic E-state index is 13.5. The molecule has 1 aliphatic rings. The minimum absolute atomic E-state index is 0.0182. The number of rotatable bonds is 9. The number of nitrogens with zero attached hydrogens (tertiary/aromatic N) is 2. The van der Waals surface area contributed by atoms with Crippen LogP contribution in [0.3, 0.4) is 0 Å². The number of carbonyl (C=O) groups is 3. The fourth-order valence-electron chi connectivity index (χ4n) is 3.84. The Labute approximate surface area is 211 Å². The highest BCUT2D eigenvalue weighted by Crippen LogP contribution is 2.44. The van der Waals surface area contributed by atoms with Gasteiger partial charge < -0.3 is 19.0 Å². The quantitative estimate of drug-likeness (QED) is 0.247. The Kier molecular flexibility index (Phi) is 7.07. The number of anilines is 1. The Morgan fingerprint density at radius 2 is 2.06 bits per heavy atom. The summed E-state index contributed by atoms with van der Waals surface area (Å²) < 4.78 is 16.2. The number of amides is 1. The van der Waals surface area contributed by atoms with E-state index in [2.05, 4.69) is 11.6 Å². The number of aromatic nitrogens is 1.